The van der Waals surface area contributed by atoms with E-state index < -0.39 is 0 Å². The third-order valence-electron chi connectivity index (χ3n) is 4.22. The molecule has 148 valence electrons. The zero-order valence-corrected chi connectivity index (χ0v) is 16.5. The highest BCUT2D eigenvalue weighted by molar-refractivity contribution is 6.31. The molecule has 0 bridgehead atoms. The lowest BCUT2D eigenvalue weighted by atomic mass is 10.2. The van der Waals surface area contributed by atoms with Crippen LogP contribution in [0.15, 0.2) is 53.5 Å². The molecule has 3 rings (SSSR count). The normalized spacial score (nSPS) is 16.6. The van der Waals surface area contributed by atoms with Gasteiger partial charge in [0, 0.05) is 22.9 Å². The molecule has 1 heterocycles. The second-order valence-corrected chi connectivity index (χ2v) is 6.81. The van der Waals surface area contributed by atoms with Crippen molar-refractivity contribution in [3.63, 3.8) is 0 Å². The lowest BCUT2D eigenvalue weighted by molar-refractivity contribution is 0.0975. The molecule has 28 heavy (non-hydrogen) atoms. The van der Waals surface area contributed by atoms with Gasteiger partial charge >= 0.3 is 0 Å². The Hall–Kier alpha value is -2.57. The van der Waals surface area contributed by atoms with E-state index in [1.807, 2.05) is 31.2 Å². The first-order valence-electron chi connectivity index (χ1n) is 9.37. The van der Waals surface area contributed by atoms with E-state index in [0.717, 1.165) is 30.9 Å². The number of ether oxygens (including phenoxy) is 2. The number of amides is 1. The summed E-state index contributed by atoms with van der Waals surface area (Å²) in [7, 11) is 0. The summed E-state index contributed by atoms with van der Waals surface area (Å²) < 4.78 is 11.1. The van der Waals surface area contributed by atoms with Crippen molar-refractivity contribution in [3.05, 3.63) is 59.1 Å². The number of aliphatic imine (C=N–C) groups is 1. The number of halogens is 1. The van der Waals surface area contributed by atoms with Crippen LogP contribution in [-0.2, 0) is 4.74 Å². The topological polar surface area (TPSA) is 71.9 Å². The number of guanidine groups is 1. The van der Waals surface area contributed by atoms with E-state index in [-0.39, 0.29) is 12.0 Å². The summed E-state index contributed by atoms with van der Waals surface area (Å²) in [5.41, 5.74) is 1.26. The van der Waals surface area contributed by atoms with Gasteiger partial charge in [0.2, 0.25) is 5.96 Å². The van der Waals surface area contributed by atoms with E-state index in [4.69, 9.17) is 21.1 Å². The molecular formula is C21H24ClN3O3. The number of nitrogens with zero attached hydrogens (tertiary/aromatic N) is 1. The minimum absolute atomic E-state index is 0.0835. The van der Waals surface area contributed by atoms with Crippen LogP contribution in [0, 0.1) is 0 Å². The van der Waals surface area contributed by atoms with Crippen molar-refractivity contribution in [2.75, 3.05) is 25.1 Å². The Balaban J connectivity index is 1.72. The van der Waals surface area contributed by atoms with Crippen molar-refractivity contribution in [2.24, 2.45) is 4.99 Å². The fourth-order valence-electron chi connectivity index (χ4n) is 2.84. The van der Waals surface area contributed by atoms with Crippen LogP contribution in [0.2, 0.25) is 5.02 Å². The van der Waals surface area contributed by atoms with Crippen molar-refractivity contribution < 1.29 is 14.3 Å². The molecule has 0 saturated carbocycles. The summed E-state index contributed by atoms with van der Waals surface area (Å²) in [6.45, 7) is 3.79. The molecule has 2 aromatic carbocycles. The van der Waals surface area contributed by atoms with Crippen LogP contribution in [-0.4, -0.2) is 37.7 Å². The summed E-state index contributed by atoms with van der Waals surface area (Å²) in [5, 5.41) is 6.49. The van der Waals surface area contributed by atoms with Crippen LogP contribution in [0.4, 0.5) is 5.69 Å². The van der Waals surface area contributed by atoms with Gasteiger partial charge in [0.15, 0.2) is 0 Å². The molecule has 0 aromatic heterocycles. The molecule has 0 aliphatic carbocycles. The van der Waals surface area contributed by atoms with Gasteiger partial charge in [0.1, 0.15) is 5.75 Å². The van der Waals surface area contributed by atoms with Crippen molar-refractivity contribution >= 4 is 29.2 Å². The van der Waals surface area contributed by atoms with Crippen LogP contribution in [0.25, 0.3) is 0 Å². The predicted molar refractivity (Wildman–Crippen MR) is 111 cm³/mol. The average Bonchev–Trinajstić information content (AvgIpc) is 3.21. The van der Waals surface area contributed by atoms with Gasteiger partial charge in [-0.25, -0.2) is 4.99 Å². The molecule has 6 nitrogen and oxygen atoms in total. The van der Waals surface area contributed by atoms with Gasteiger partial charge in [-0.1, -0.05) is 17.7 Å². The zero-order chi connectivity index (χ0) is 19.8. The number of anilines is 1. The van der Waals surface area contributed by atoms with Crippen molar-refractivity contribution in [1.29, 1.82) is 0 Å². The summed E-state index contributed by atoms with van der Waals surface area (Å²) in [4.78, 5) is 17.1. The van der Waals surface area contributed by atoms with E-state index in [0.29, 0.717) is 29.7 Å². The van der Waals surface area contributed by atoms with Gasteiger partial charge in [-0.3, -0.25) is 10.1 Å². The minimum atomic E-state index is -0.285. The fraction of sp³-hybridized carbons (Fsp3) is 0.333. The van der Waals surface area contributed by atoms with Gasteiger partial charge in [0.05, 0.1) is 19.3 Å². The van der Waals surface area contributed by atoms with E-state index in [2.05, 4.69) is 15.6 Å². The minimum Gasteiger partial charge on any atom is -0.494 e. The lowest BCUT2D eigenvalue weighted by Gasteiger charge is -2.14. The van der Waals surface area contributed by atoms with E-state index in [1.165, 1.54) is 0 Å². The van der Waals surface area contributed by atoms with E-state index in [9.17, 15) is 4.79 Å². The molecule has 1 aliphatic rings. The lowest BCUT2D eigenvalue weighted by Crippen LogP contribution is -2.36. The quantitative estimate of drug-likeness (QED) is 0.564. The molecule has 1 amide bonds. The monoisotopic (exact) mass is 401 g/mol. The Kier molecular flexibility index (Phi) is 7.28. The second kappa shape index (κ2) is 10.1. The third kappa shape index (κ3) is 5.97. The van der Waals surface area contributed by atoms with Crippen LogP contribution >= 0.6 is 11.6 Å². The molecule has 2 aromatic rings. The number of carbonyl (C=O) groups excluding carboxylic acids is 1. The summed E-state index contributed by atoms with van der Waals surface area (Å²) in [5.74, 6) is 0.866. The maximum Gasteiger partial charge on any atom is 0.258 e. The fourth-order valence-corrected chi connectivity index (χ4v) is 3.03. The largest absolute Gasteiger partial charge is 0.494 e. The maximum absolute atomic E-state index is 12.6. The van der Waals surface area contributed by atoms with Gasteiger partial charge in [-0.05, 0) is 62.2 Å². The van der Waals surface area contributed by atoms with Crippen molar-refractivity contribution in [1.82, 2.24) is 5.32 Å². The highest BCUT2D eigenvalue weighted by Crippen LogP contribution is 2.16. The molecule has 2 N–H and O–H groups in total. The maximum atomic E-state index is 12.6. The summed E-state index contributed by atoms with van der Waals surface area (Å²) in [6, 6.07) is 14.3. The molecule has 1 fully saturated rings. The van der Waals surface area contributed by atoms with Gasteiger partial charge in [0.25, 0.3) is 5.91 Å². The first-order valence-corrected chi connectivity index (χ1v) is 9.74. The molecule has 0 spiro atoms. The Morgan fingerprint density at radius 2 is 2.11 bits per heavy atom. The van der Waals surface area contributed by atoms with Crippen molar-refractivity contribution in [3.8, 4) is 5.75 Å². The average molecular weight is 402 g/mol. The Bertz CT molecular complexity index is 818. The summed E-state index contributed by atoms with van der Waals surface area (Å²) >= 11 is 5.99. The van der Waals surface area contributed by atoms with Crippen LogP contribution in [0.5, 0.6) is 5.75 Å². The first kappa shape index (κ1) is 20.2. The van der Waals surface area contributed by atoms with Crippen LogP contribution < -0.4 is 15.4 Å². The number of nitrogens with one attached hydrogen (secondary N) is 2. The molecule has 1 atom stereocenters. The molecule has 1 saturated heterocycles. The molecule has 0 radical (unpaired) electrons. The zero-order valence-electron chi connectivity index (χ0n) is 15.8. The third-order valence-corrected chi connectivity index (χ3v) is 4.46. The Morgan fingerprint density at radius 1 is 1.29 bits per heavy atom. The summed E-state index contributed by atoms with van der Waals surface area (Å²) in [6.07, 6.45) is 2.10. The number of hydrogen-bond donors (Lipinski definition) is 2. The highest BCUT2D eigenvalue weighted by atomic mass is 35.5. The van der Waals surface area contributed by atoms with Gasteiger partial charge in [-0.2, -0.15) is 0 Å². The number of rotatable bonds is 6. The van der Waals surface area contributed by atoms with Crippen molar-refractivity contribution in [2.45, 2.75) is 25.9 Å². The van der Waals surface area contributed by atoms with E-state index >= 15 is 0 Å². The molecule has 7 heteroatoms. The standard InChI is InChI=1S/C21H24ClN3O3/c1-2-27-18-10-8-17(9-11-18)24-21(23-14-19-7-4-12-28-19)25-20(26)15-5-3-6-16(22)13-15/h3,5-6,8-11,13,19H,2,4,7,12,14H2,1H3,(H2,23,24,25,26)/t19-/m0/s1. The van der Waals surface area contributed by atoms with Crippen LogP contribution in [0.1, 0.15) is 30.1 Å². The second-order valence-electron chi connectivity index (χ2n) is 6.37. The SMILES string of the molecule is CCOc1ccc(NC(=NC[C@@H]2CCCO2)NC(=O)c2cccc(Cl)c2)cc1. The Labute approximate surface area is 169 Å². The van der Waals surface area contributed by atoms with E-state index in [1.54, 1.807) is 24.3 Å². The number of carbonyl (C=O) groups is 1. The molecular weight excluding hydrogens is 378 g/mol. The number of hydrogen-bond acceptors (Lipinski definition) is 4. The highest BCUT2D eigenvalue weighted by Gasteiger charge is 2.16. The van der Waals surface area contributed by atoms with Crippen LogP contribution in [0.3, 0.4) is 0 Å². The number of benzene rings is 2. The first-order chi connectivity index (χ1) is 13.6. The smallest absolute Gasteiger partial charge is 0.258 e. The molecule has 1 aliphatic heterocycles. The Morgan fingerprint density at radius 3 is 2.79 bits per heavy atom. The molecule has 0 unspecified atom stereocenters. The van der Waals surface area contributed by atoms with Gasteiger partial charge < -0.3 is 14.8 Å². The predicted octanol–water partition coefficient (Wildman–Crippen LogP) is 4.12. The van der Waals surface area contributed by atoms with Gasteiger partial charge in [-0.15, -0.1) is 0 Å².